The molecule has 2 saturated heterocycles. The van der Waals surface area contributed by atoms with E-state index >= 15 is 0 Å². The first-order valence-corrected chi connectivity index (χ1v) is 9.26. The number of nitrogens with one attached hydrogen (secondary N) is 1. The Morgan fingerprint density at radius 2 is 2.21 bits per heavy atom. The van der Waals surface area contributed by atoms with Crippen LogP contribution in [-0.2, 0) is 6.42 Å². The van der Waals surface area contributed by atoms with Gasteiger partial charge in [-0.3, -0.25) is 4.90 Å². The van der Waals surface area contributed by atoms with Crippen molar-refractivity contribution in [1.82, 2.24) is 9.88 Å². The Morgan fingerprint density at radius 3 is 3.00 bits per heavy atom. The van der Waals surface area contributed by atoms with Crippen LogP contribution in [0.3, 0.4) is 0 Å². The van der Waals surface area contributed by atoms with Crippen LogP contribution in [-0.4, -0.2) is 47.3 Å². The maximum Gasteiger partial charge on any atom is 0.119 e. The predicted molar refractivity (Wildman–Crippen MR) is 94.6 cm³/mol. The molecule has 6 rings (SSSR count). The largest absolute Gasteiger partial charge is 0.497 e. The first-order chi connectivity index (χ1) is 11.7. The number of hydrogen-bond donors (Lipinski definition) is 2. The van der Waals surface area contributed by atoms with Gasteiger partial charge in [-0.25, -0.2) is 0 Å². The van der Waals surface area contributed by atoms with E-state index in [0.29, 0.717) is 17.9 Å². The second-order valence-electron chi connectivity index (χ2n) is 8.01. The first kappa shape index (κ1) is 14.8. The number of ether oxygens (including phenoxy) is 1. The highest BCUT2D eigenvalue weighted by Gasteiger charge is 2.50. The van der Waals surface area contributed by atoms with Crippen molar-refractivity contribution < 1.29 is 9.84 Å². The molecule has 0 amide bonds. The molecular weight excluding hydrogens is 300 g/mol. The number of fused-ring (bicyclic) bond motifs is 4. The number of aromatic amines is 1. The van der Waals surface area contributed by atoms with Crippen LogP contribution in [0.15, 0.2) is 18.2 Å². The number of aliphatic hydroxyl groups is 1. The molecule has 1 aromatic heterocycles. The van der Waals surface area contributed by atoms with Gasteiger partial charge in [0.2, 0.25) is 0 Å². The van der Waals surface area contributed by atoms with Gasteiger partial charge in [-0.1, -0.05) is 0 Å². The zero-order valence-corrected chi connectivity index (χ0v) is 14.5. The summed E-state index contributed by atoms with van der Waals surface area (Å²) in [6.45, 7) is 4.31. The summed E-state index contributed by atoms with van der Waals surface area (Å²) in [6.07, 6.45) is 3.34. The third-order valence-electron chi connectivity index (χ3n) is 6.74. The number of aromatic nitrogens is 1. The van der Waals surface area contributed by atoms with E-state index < -0.39 is 0 Å². The lowest BCUT2D eigenvalue weighted by Crippen LogP contribution is -2.58. The van der Waals surface area contributed by atoms with E-state index in [4.69, 9.17) is 4.74 Å². The lowest BCUT2D eigenvalue weighted by molar-refractivity contribution is -0.0580. The minimum atomic E-state index is -0.214. The molecule has 128 valence electrons. The maximum absolute atomic E-state index is 10.3. The summed E-state index contributed by atoms with van der Waals surface area (Å²) in [6, 6.07) is 6.86. The molecule has 24 heavy (non-hydrogen) atoms. The highest BCUT2D eigenvalue weighted by molar-refractivity contribution is 5.86. The zero-order valence-electron chi connectivity index (χ0n) is 14.5. The fourth-order valence-corrected chi connectivity index (χ4v) is 5.77. The molecule has 6 atom stereocenters. The number of methoxy groups -OCH3 is 1. The van der Waals surface area contributed by atoms with Gasteiger partial charge in [0.1, 0.15) is 5.75 Å². The molecule has 4 bridgehead atoms. The molecule has 1 aliphatic carbocycles. The summed E-state index contributed by atoms with van der Waals surface area (Å²) in [5.41, 5.74) is 4.14. The number of hydrogen-bond acceptors (Lipinski definition) is 3. The van der Waals surface area contributed by atoms with Gasteiger partial charge in [0, 0.05) is 47.6 Å². The van der Waals surface area contributed by atoms with Crippen molar-refractivity contribution in [2.45, 2.75) is 44.2 Å². The molecule has 2 aromatic rings. The summed E-state index contributed by atoms with van der Waals surface area (Å²) in [5, 5.41) is 11.7. The Bertz CT molecular complexity index is 781. The molecule has 3 fully saturated rings. The molecule has 2 N–H and O–H groups in total. The van der Waals surface area contributed by atoms with Crippen LogP contribution in [0.1, 0.15) is 36.9 Å². The van der Waals surface area contributed by atoms with E-state index in [1.807, 2.05) is 13.0 Å². The van der Waals surface area contributed by atoms with Gasteiger partial charge in [-0.2, -0.15) is 0 Å². The van der Waals surface area contributed by atoms with Crippen LogP contribution in [0.25, 0.3) is 10.9 Å². The van der Waals surface area contributed by atoms with E-state index in [9.17, 15) is 5.11 Å². The molecule has 3 aliphatic heterocycles. The molecule has 1 aromatic carbocycles. The molecule has 0 spiro atoms. The van der Waals surface area contributed by atoms with Gasteiger partial charge >= 0.3 is 0 Å². The number of rotatable bonds is 2. The van der Waals surface area contributed by atoms with E-state index in [0.717, 1.165) is 24.6 Å². The quantitative estimate of drug-likeness (QED) is 0.892. The minimum Gasteiger partial charge on any atom is -0.497 e. The smallest absolute Gasteiger partial charge is 0.119 e. The number of aliphatic hydroxyl groups excluding tert-OH is 1. The molecule has 2 unspecified atom stereocenters. The monoisotopic (exact) mass is 326 g/mol. The Labute approximate surface area is 142 Å². The molecule has 4 heteroatoms. The van der Waals surface area contributed by atoms with E-state index in [1.54, 1.807) is 7.11 Å². The standard InChI is InChI=1S/C20H26N2O2/c1-11(23)15-7-12-8-17-19-14(5-6-22(10-12)20(15)17)16-9-13(24-2)3-4-18(16)21-19/h3-4,9,11-12,15,17,20-21,23H,5-8,10H2,1-2H3/t11-,12+,15-,17+,20?/m1/s1. The molecule has 4 heterocycles. The number of H-pyrrole nitrogens is 1. The van der Waals surface area contributed by atoms with Gasteiger partial charge in [0.15, 0.2) is 0 Å². The van der Waals surface area contributed by atoms with Crippen molar-refractivity contribution in [1.29, 1.82) is 0 Å². The summed E-state index contributed by atoms with van der Waals surface area (Å²) in [4.78, 5) is 6.41. The van der Waals surface area contributed by atoms with Crippen molar-refractivity contribution in [2.24, 2.45) is 11.8 Å². The second kappa shape index (κ2) is 5.24. The number of nitrogens with zero attached hydrogens (tertiary/aromatic N) is 1. The van der Waals surface area contributed by atoms with Gasteiger partial charge in [-0.05, 0) is 55.9 Å². The van der Waals surface area contributed by atoms with E-state index in [1.165, 1.54) is 41.5 Å². The van der Waals surface area contributed by atoms with Gasteiger partial charge in [-0.15, -0.1) is 0 Å². The third-order valence-corrected chi connectivity index (χ3v) is 6.74. The predicted octanol–water partition coefficient (Wildman–Crippen LogP) is 2.91. The maximum atomic E-state index is 10.3. The van der Waals surface area contributed by atoms with Crippen LogP contribution in [0.5, 0.6) is 5.75 Å². The molecule has 4 nitrogen and oxygen atoms in total. The van der Waals surface area contributed by atoms with Gasteiger partial charge in [0.05, 0.1) is 13.2 Å². The van der Waals surface area contributed by atoms with Crippen molar-refractivity contribution >= 4 is 10.9 Å². The van der Waals surface area contributed by atoms with Gasteiger partial charge in [0.25, 0.3) is 0 Å². The molecular formula is C20H26N2O2. The van der Waals surface area contributed by atoms with Crippen LogP contribution in [0, 0.1) is 11.8 Å². The Kier molecular flexibility index (Phi) is 3.23. The van der Waals surface area contributed by atoms with Crippen LogP contribution in [0.4, 0.5) is 0 Å². The SMILES string of the molecule is COc1ccc2[nH]c3c(c2c1)CCN1C[C@@H]2C[C@@H]3C1[C@@H]([C@@H](C)O)C2. The third kappa shape index (κ3) is 1.99. The summed E-state index contributed by atoms with van der Waals surface area (Å²) in [5.74, 6) is 2.61. The average Bonchev–Trinajstić information content (AvgIpc) is 2.92. The Morgan fingerprint density at radius 1 is 1.33 bits per heavy atom. The van der Waals surface area contributed by atoms with Gasteiger partial charge < -0.3 is 14.8 Å². The van der Waals surface area contributed by atoms with E-state index in [2.05, 4.69) is 22.0 Å². The number of benzene rings is 1. The zero-order chi connectivity index (χ0) is 16.4. The highest BCUT2D eigenvalue weighted by Crippen LogP contribution is 2.51. The van der Waals surface area contributed by atoms with Crippen LogP contribution in [0.2, 0.25) is 0 Å². The van der Waals surface area contributed by atoms with Crippen molar-refractivity contribution in [3.8, 4) is 5.75 Å². The van der Waals surface area contributed by atoms with E-state index in [-0.39, 0.29) is 6.10 Å². The van der Waals surface area contributed by atoms with Crippen molar-refractivity contribution in [2.75, 3.05) is 20.2 Å². The first-order valence-electron chi connectivity index (χ1n) is 9.26. The average molecular weight is 326 g/mol. The highest BCUT2D eigenvalue weighted by atomic mass is 16.5. The number of piperidine rings is 2. The van der Waals surface area contributed by atoms with Crippen molar-refractivity contribution in [3.05, 3.63) is 29.5 Å². The molecule has 0 radical (unpaired) electrons. The summed E-state index contributed by atoms with van der Waals surface area (Å²) >= 11 is 0. The van der Waals surface area contributed by atoms with Crippen LogP contribution >= 0.6 is 0 Å². The van der Waals surface area contributed by atoms with Crippen molar-refractivity contribution in [3.63, 3.8) is 0 Å². The topological polar surface area (TPSA) is 48.5 Å². The minimum absolute atomic E-state index is 0.214. The fourth-order valence-electron chi connectivity index (χ4n) is 5.77. The summed E-state index contributed by atoms with van der Waals surface area (Å²) < 4.78 is 5.44. The Hall–Kier alpha value is -1.52. The lowest BCUT2D eigenvalue weighted by Gasteiger charge is -2.54. The summed E-state index contributed by atoms with van der Waals surface area (Å²) in [7, 11) is 1.73. The fraction of sp³-hybridized carbons (Fsp3) is 0.600. The van der Waals surface area contributed by atoms with Crippen LogP contribution < -0.4 is 4.74 Å². The normalized spacial score (nSPS) is 35.5. The molecule has 4 aliphatic rings. The lowest BCUT2D eigenvalue weighted by atomic mass is 9.64. The second-order valence-corrected chi connectivity index (χ2v) is 8.01. The molecule has 1 saturated carbocycles. The Balaban J connectivity index is 1.65.